The van der Waals surface area contributed by atoms with E-state index in [-0.39, 0.29) is 35.5 Å². The first-order valence-electron chi connectivity index (χ1n) is 8.95. The van der Waals surface area contributed by atoms with Crippen LogP contribution in [0.15, 0.2) is 24.4 Å². The van der Waals surface area contributed by atoms with Gasteiger partial charge in [-0.15, -0.1) is 0 Å². The molecule has 8 heteroatoms. The highest BCUT2D eigenvalue weighted by atomic mass is 19.1. The summed E-state index contributed by atoms with van der Waals surface area (Å²) in [7, 11) is 0. The number of aliphatic carboxylic acids is 1. The molecule has 0 spiro atoms. The van der Waals surface area contributed by atoms with Crippen molar-refractivity contribution in [2.75, 3.05) is 18.0 Å². The average molecular weight is 375 g/mol. The Kier molecular flexibility index (Phi) is 4.63. The molecule has 0 bridgehead atoms. The summed E-state index contributed by atoms with van der Waals surface area (Å²) in [6.45, 7) is 0.640. The molecule has 142 valence electrons. The van der Waals surface area contributed by atoms with Crippen molar-refractivity contribution in [3.05, 3.63) is 36.0 Å². The van der Waals surface area contributed by atoms with E-state index in [0.717, 1.165) is 19.3 Å². The zero-order valence-corrected chi connectivity index (χ0v) is 14.6. The fraction of sp³-hybridized carbons (Fsp3) is 0.421. The van der Waals surface area contributed by atoms with Crippen LogP contribution in [-0.4, -0.2) is 40.2 Å². The van der Waals surface area contributed by atoms with Crippen LogP contribution in [0.1, 0.15) is 25.7 Å². The highest BCUT2D eigenvalue weighted by molar-refractivity contribution is 5.68. The molecule has 0 atom stereocenters. The van der Waals surface area contributed by atoms with Crippen LogP contribution >= 0.6 is 0 Å². The summed E-state index contributed by atoms with van der Waals surface area (Å²) in [5.74, 6) is -1.83. The first kappa shape index (κ1) is 17.6. The van der Waals surface area contributed by atoms with Gasteiger partial charge in [0.2, 0.25) is 5.88 Å². The van der Waals surface area contributed by atoms with Crippen LogP contribution in [0.3, 0.4) is 0 Å². The van der Waals surface area contributed by atoms with Crippen molar-refractivity contribution < 1.29 is 23.4 Å². The Balaban J connectivity index is 1.52. The van der Waals surface area contributed by atoms with Gasteiger partial charge in [0.1, 0.15) is 23.4 Å². The minimum Gasteiger partial charge on any atom is -0.481 e. The van der Waals surface area contributed by atoms with Crippen molar-refractivity contribution in [2.45, 2.75) is 31.8 Å². The Morgan fingerprint density at radius 3 is 2.56 bits per heavy atom. The Bertz CT molecular complexity index is 844. The molecule has 1 aliphatic heterocycles. The fourth-order valence-corrected chi connectivity index (χ4v) is 3.33. The van der Waals surface area contributed by atoms with E-state index < -0.39 is 17.6 Å². The number of benzene rings is 1. The van der Waals surface area contributed by atoms with Crippen LogP contribution in [0.25, 0.3) is 11.4 Å². The molecule has 1 aromatic heterocycles. The molecule has 1 N–H and O–H groups in total. The van der Waals surface area contributed by atoms with Gasteiger partial charge in [-0.1, -0.05) is 0 Å². The summed E-state index contributed by atoms with van der Waals surface area (Å²) in [6, 6.07) is 4.03. The number of halogens is 2. The maximum absolute atomic E-state index is 14.5. The number of hydrogen-bond acceptors (Lipinski definition) is 5. The molecule has 4 rings (SSSR count). The lowest BCUT2D eigenvalue weighted by Crippen LogP contribution is -2.48. The normalized spacial score (nSPS) is 17.3. The standard InChI is InChI=1S/C19H19F2N3O3/c20-14-7-12(19-22-5-4-16(23-19)27-13-2-1-3-13)8-15(21)18(14)24-9-11(10-24)6-17(25)26/h4-5,7-8,11,13H,1-3,6,9-10H2,(H,25,26). The Hall–Kier alpha value is -2.77. The second kappa shape index (κ2) is 7.09. The number of aromatic nitrogens is 2. The molecule has 1 saturated heterocycles. The first-order valence-corrected chi connectivity index (χ1v) is 8.95. The highest BCUT2D eigenvalue weighted by Crippen LogP contribution is 2.34. The first-order chi connectivity index (χ1) is 13.0. The topological polar surface area (TPSA) is 75.5 Å². The van der Waals surface area contributed by atoms with E-state index in [2.05, 4.69) is 9.97 Å². The Labute approximate surface area is 154 Å². The lowest BCUT2D eigenvalue weighted by Gasteiger charge is -2.40. The van der Waals surface area contributed by atoms with Gasteiger partial charge in [-0.25, -0.2) is 13.8 Å². The van der Waals surface area contributed by atoms with Gasteiger partial charge in [0.25, 0.3) is 0 Å². The lowest BCUT2D eigenvalue weighted by molar-refractivity contribution is -0.138. The minimum absolute atomic E-state index is 0.000548. The number of rotatable bonds is 6. The van der Waals surface area contributed by atoms with Crippen LogP contribution in [0.5, 0.6) is 5.88 Å². The zero-order valence-electron chi connectivity index (χ0n) is 14.6. The molecule has 1 saturated carbocycles. The van der Waals surface area contributed by atoms with Gasteiger partial charge in [0.05, 0.1) is 6.42 Å². The second-order valence-electron chi connectivity index (χ2n) is 7.05. The quantitative estimate of drug-likeness (QED) is 0.835. The van der Waals surface area contributed by atoms with Crippen LogP contribution in [0, 0.1) is 17.6 Å². The molecule has 0 radical (unpaired) electrons. The van der Waals surface area contributed by atoms with Gasteiger partial charge in [-0.3, -0.25) is 4.79 Å². The van der Waals surface area contributed by atoms with E-state index in [4.69, 9.17) is 9.84 Å². The molecule has 2 heterocycles. The monoisotopic (exact) mass is 375 g/mol. The van der Waals surface area contributed by atoms with E-state index >= 15 is 0 Å². The van der Waals surface area contributed by atoms with Crippen LogP contribution in [-0.2, 0) is 4.79 Å². The van der Waals surface area contributed by atoms with E-state index in [1.165, 1.54) is 23.2 Å². The third kappa shape index (κ3) is 3.70. The number of hydrogen-bond donors (Lipinski definition) is 1. The van der Waals surface area contributed by atoms with Crippen molar-refractivity contribution >= 4 is 11.7 Å². The molecular weight excluding hydrogens is 356 g/mol. The smallest absolute Gasteiger partial charge is 0.303 e. The van der Waals surface area contributed by atoms with Gasteiger partial charge < -0.3 is 14.7 Å². The number of carboxylic acids is 1. The highest BCUT2D eigenvalue weighted by Gasteiger charge is 2.32. The third-order valence-electron chi connectivity index (χ3n) is 4.98. The van der Waals surface area contributed by atoms with E-state index in [0.29, 0.717) is 19.0 Å². The summed E-state index contributed by atoms with van der Waals surface area (Å²) in [4.78, 5) is 20.6. The number of carboxylic acid groups (broad SMARTS) is 1. The molecule has 6 nitrogen and oxygen atoms in total. The largest absolute Gasteiger partial charge is 0.481 e. The molecule has 0 unspecified atom stereocenters. The maximum Gasteiger partial charge on any atom is 0.303 e. The van der Waals surface area contributed by atoms with Crippen molar-refractivity contribution in [3.8, 4) is 17.3 Å². The molecule has 27 heavy (non-hydrogen) atoms. The number of nitrogens with zero attached hydrogens (tertiary/aromatic N) is 3. The van der Waals surface area contributed by atoms with E-state index in [1.807, 2.05) is 0 Å². The summed E-state index contributed by atoms with van der Waals surface area (Å²) >= 11 is 0. The molecule has 2 aliphatic rings. The zero-order chi connectivity index (χ0) is 19.0. The minimum atomic E-state index is -0.905. The van der Waals surface area contributed by atoms with Crippen molar-refractivity contribution in [1.82, 2.24) is 9.97 Å². The molecule has 1 aliphatic carbocycles. The van der Waals surface area contributed by atoms with Crippen molar-refractivity contribution in [2.24, 2.45) is 5.92 Å². The number of anilines is 1. The van der Waals surface area contributed by atoms with E-state index in [1.54, 1.807) is 6.07 Å². The second-order valence-corrected chi connectivity index (χ2v) is 7.05. The molecule has 0 amide bonds. The van der Waals surface area contributed by atoms with Gasteiger partial charge in [0, 0.05) is 36.8 Å². The van der Waals surface area contributed by atoms with Crippen LogP contribution in [0.4, 0.5) is 14.5 Å². The van der Waals surface area contributed by atoms with Gasteiger partial charge in [-0.05, 0) is 31.4 Å². The van der Waals surface area contributed by atoms with Gasteiger partial charge in [0.15, 0.2) is 5.82 Å². The molecular formula is C19H19F2N3O3. The summed E-state index contributed by atoms with van der Waals surface area (Å²) in [5, 5.41) is 8.78. The molecule has 2 fully saturated rings. The van der Waals surface area contributed by atoms with Crippen molar-refractivity contribution in [3.63, 3.8) is 0 Å². The average Bonchev–Trinajstić information content (AvgIpc) is 2.55. The Morgan fingerprint density at radius 1 is 1.26 bits per heavy atom. The summed E-state index contributed by atoms with van der Waals surface area (Å²) in [6.07, 6.45) is 4.75. The molecule has 2 aromatic rings. The lowest BCUT2D eigenvalue weighted by atomic mass is 9.95. The fourth-order valence-electron chi connectivity index (χ4n) is 3.33. The van der Waals surface area contributed by atoms with Crippen LogP contribution < -0.4 is 9.64 Å². The maximum atomic E-state index is 14.5. The van der Waals surface area contributed by atoms with Crippen molar-refractivity contribution in [1.29, 1.82) is 0 Å². The summed E-state index contributed by atoms with van der Waals surface area (Å²) in [5.41, 5.74) is 0.0951. The van der Waals surface area contributed by atoms with Gasteiger partial charge >= 0.3 is 5.97 Å². The van der Waals surface area contributed by atoms with Gasteiger partial charge in [-0.2, -0.15) is 4.98 Å². The third-order valence-corrected chi connectivity index (χ3v) is 4.98. The predicted octanol–water partition coefficient (Wildman–Crippen LogP) is 3.26. The molecule has 1 aromatic carbocycles. The number of carbonyl (C=O) groups is 1. The number of ether oxygens (including phenoxy) is 1. The Morgan fingerprint density at radius 2 is 1.96 bits per heavy atom. The van der Waals surface area contributed by atoms with E-state index in [9.17, 15) is 13.6 Å². The summed E-state index contributed by atoms with van der Waals surface area (Å²) < 4.78 is 34.8. The predicted molar refractivity (Wildman–Crippen MR) is 93.6 cm³/mol. The SMILES string of the molecule is O=C(O)CC1CN(c2c(F)cc(-c3nccc(OC4CCC4)n3)cc2F)C1. The van der Waals surface area contributed by atoms with Crippen LogP contribution in [0.2, 0.25) is 0 Å².